The van der Waals surface area contributed by atoms with Gasteiger partial charge in [-0.25, -0.2) is 0 Å². The van der Waals surface area contributed by atoms with Crippen molar-refractivity contribution in [3.8, 4) is 5.75 Å². The number of hydrogen-bond acceptors (Lipinski definition) is 3. The van der Waals surface area contributed by atoms with Gasteiger partial charge in [0.2, 0.25) is 5.91 Å². The van der Waals surface area contributed by atoms with E-state index in [1.807, 2.05) is 23.1 Å². The molecule has 1 fully saturated rings. The van der Waals surface area contributed by atoms with E-state index in [0.29, 0.717) is 23.9 Å². The van der Waals surface area contributed by atoms with E-state index in [1.54, 1.807) is 14.2 Å². The number of rotatable bonds is 6. The quantitative estimate of drug-likeness (QED) is 0.313. The number of nitrogens with zero attached hydrogens (tertiary/aromatic N) is 3. The first-order chi connectivity index (χ1) is 15.1. The highest BCUT2D eigenvalue weighted by molar-refractivity contribution is 14.0. The van der Waals surface area contributed by atoms with E-state index in [2.05, 4.69) is 39.5 Å². The third-order valence-electron chi connectivity index (χ3n) is 6.14. The molecule has 0 saturated carbocycles. The number of hydrogen-bond donors (Lipinski definition) is 1. The van der Waals surface area contributed by atoms with Crippen LogP contribution in [0.25, 0.3) is 0 Å². The summed E-state index contributed by atoms with van der Waals surface area (Å²) in [5.74, 6) is 2.24. The second kappa shape index (κ2) is 11.2. The number of benzene rings is 2. The zero-order valence-corrected chi connectivity index (χ0v) is 21.6. The highest BCUT2D eigenvalue weighted by atomic mass is 127. The van der Waals surface area contributed by atoms with Gasteiger partial charge >= 0.3 is 0 Å². The van der Waals surface area contributed by atoms with Crippen LogP contribution in [0.5, 0.6) is 5.75 Å². The Balaban J connectivity index is 0.00000289. The van der Waals surface area contributed by atoms with Gasteiger partial charge < -0.3 is 19.9 Å². The van der Waals surface area contributed by atoms with Crippen LogP contribution in [-0.4, -0.2) is 50.6 Å². The largest absolute Gasteiger partial charge is 0.496 e. The Morgan fingerprint density at radius 2 is 2.09 bits per heavy atom. The fourth-order valence-corrected chi connectivity index (χ4v) is 4.69. The summed E-state index contributed by atoms with van der Waals surface area (Å²) < 4.78 is 5.47. The first-order valence-electron chi connectivity index (χ1n) is 10.8. The number of anilines is 1. The van der Waals surface area contributed by atoms with Crippen molar-refractivity contribution >= 4 is 53.1 Å². The summed E-state index contributed by atoms with van der Waals surface area (Å²) in [6.45, 7) is 3.14. The molecule has 1 amide bonds. The summed E-state index contributed by atoms with van der Waals surface area (Å²) in [7, 11) is 3.46. The molecule has 1 unspecified atom stereocenters. The topological polar surface area (TPSA) is 57.2 Å². The smallest absolute Gasteiger partial charge is 0.222 e. The van der Waals surface area contributed by atoms with Gasteiger partial charge in [0.1, 0.15) is 5.75 Å². The van der Waals surface area contributed by atoms with Crippen LogP contribution < -0.4 is 15.0 Å². The number of methoxy groups -OCH3 is 1. The maximum Gasteiger partial charge on any atom is 0.222 e. The molecule has 1 atom stereocenters. The maximum absolute atomic E-state index is 12.0. The van der Waals surface area contributed by atoms with Crippen LogP contribution in [0.15, 0.2) is 47.5 Å². The average Bonchev–Trinajstić information content (AvgIpc) is 3.37. The van der Waals surface area contributed by atoms with Gasteiger partial charge in [-0.15, -0.1) is 24.0 Å². The summed E-state index contributed by atoms with van der Waals surface area (Å²) in [6, 6.07) is 14.1. The number of aliphatic imine (C=N–C) groups is 1. The minimum Gasteiger partial charge on any atom is -0.496 e. The molecule has 172 valence electrons. The van der Waals surface area contributed by atoms with Crippen molar-refractivity contribution in [2.24, 2.45) is 4.99 Å². The molecule has 2 aliphatic rings. The lowest BCUT2D eigenvalue weighted by atomic mass is 9.98. The highest BCUT2D eigenvalue weighted by Crippen LogP contribution is 2.38. The van der Waals surface area contributed by atoms with E-state index >= 15 is 0 Å². The van der Waals surface area contributed by atoms with E-state index in [9.17, 15) is 4.79 Å². The molecule has 2 aliphatic heterocycles. The molecule has 0 radical (unpaired) electrons. The van der Waals surface area contributed by atoms with Crippen LogP contribution in [0.3, 0.4) is 0 Å². The van der Waals surface area contributed by atoms with Crippen LogP contribution in [-0.2, 0) is 11.3 Å². The van der Waals surface area contributed by atoms with Gasteiger partial charge in [0.25, 0.3) is 0 Å². The van der Waals surface area contributed by atoms with E-state index < -0.39 is 0 Å². The number of nitrogens with one attached hydrogen (secondary N) is 1. The summed E-state index contributed by atoms with van der Waals surface area (Å²) in [4.78, 5) is 20.8. The van der Waals surface area contributed by atoms with Gasteiger partial charge in [0, 0.05) is 61.8 Å². The highest BCUT2D eigenvalue weighted by Gasteiger charge is 2.32. The van der Waals surface area contributed by atoms with Crippen molar-refractivity contribution in [3.63, 3.8) is 0 Å². The second-order valence-corrected chi connectivity index (χ2v) is 8.43. The van der Waals surface area contributed by atoms with Gasteiger partial charge in [-0.3, -0.25) is 9.79 Å². The SMILES string of the molecule is CN=C(NCc1ccc(Cl)cc1OC)N1CC(CCN2CCCC2=O)c2ccccc21.I. The minimum absolute atomic E-state index is 0. The van der Waals surface area contributed by atoms with E-state index in [0.717, 1.165) is 49.7 Å². The summed E-state index contributed by atoms with van der Waals surface area (Å²) in [6.07, 6.45) is 2.64. The predicted octanol–water partition coefficient (Wildman–Crippen LogP) is 4.66. The third kappa shape index (κ3) is 5.31. The van der Waals surface area contributed by atoms with Crippen LogP contribution in [0.1, 0.15) is 36.3 Å². The lowest BCUT2D eigenvalue weighted by molar-refractivity contribution is -0.127. The Morgan fingerprint density at radius 1 is 1.28 bits per heavy atom. The fraction of sp³-hybridized carbons (Fsp3) is 0.417. The number of carbonyl (C=O) groups excluding carboxylic acids is 1. The molecule has 0 aromatic heterocycles. The molecule has 0 aliphatic carbocycles. The molecule has 6 nitrogen and oxygen atoms in total. The summed E-state index contributed by atoms with van der Waals surface area (Å²) in [5, 5.41) is 4.13. The summed E-state index contributed by atoms with van der Waals surface area (Å²) >= 11 is 6.09. The Morgan fingerprint density at radius 3 is 2.81 bits per heavy atom. The third-order valence-corrected chi connectivity index (χ3v) is 6.38. The van der Waals surface area contributed by atoms with Crippen molar-refractivity contribution < 1.29 is 9.53 Å². The zero-order valence-electron chi connectivity index (χ0n) is 18.5. The first-order valence-corrected chi connectivity index (χ1v) is 11.2. The molecule has 8 heteroatoms. The Bertz CT molecular complexity index is 984. The first kappa shape index (κ1) is 24.6. The predicted molar refractivity (Wildman–Crippen MR) is 141 cm³/mol. The van der Waals surface area contributed by atoms with Gasteiger partial charge in [-0.2, -0.15) is 0 Å². The number of para-hydroxylation sites is 1. The monoisotopic (exact) mass is 568 g/mol. The van der Waals surface area contributed by atoms with Gasteiger partial charge in [-0.1, -0.05) is 35.9 Å². The molecular formula is C24H30ClIN4O2. The summed E-state index contributed by atoms with van der Waals surface area (Å²) in [5.41, 5.74) is 3.52. The molecule has 32 heavy (non-hydrogen) atoms. The number of likely N-dealkylation sites (tertiary alicyclic amines) is 1. The van der Waals surface area contributed by atoms with Crippen LogP contribution in [0, 0.1) is 0 Å². The second-order valence-electron chi connectivity index (χ2n) is 8.00. The maximum atomic E-state index is 12.0. The van der Waals surface area contributed by atoms with Crippen molar-refractivity contribution in [3.05, 3.63) is 58.6 Å². The Labute approximate surface area is 212 Å². The number of fused-ring (bicyclic) bond motifs is 1. The molecule has 1 saturated heterocycles. The Kier molecular flexibility index (Phi) is 8.64. The number of amides is 1. The zero-order chi connectivity index (χ0) is 21.8. The number of guanidine groups is 1. The van der Waals surface area contributed by atoms with E-state index in [4.69, 9.17) is 16.3 Å². The molecular weight excluding hydrogens is 539 g/mol. The van der Waals surface area contributed by atoms with Crippen molar-refractivity contribution in [1.29, 1.82) is 0 Å². The fourth-order valence-electron chi connectivity index (χ4n) is 4.53. The van der Waals surface area contributed by atoms with Crippen molar-refractivity contribution in [2.45, 2.75) is 31.7 Å². The van der Waals surface area contributed by atoms with Gasteiger partial charge in [0.15, 0.2) is 5.96 Å². The molecule has 4 rings (SSSR count). The standard InChI is InChI=1S/C24H29ClN4O2.HI/c1-26-24(27-15-17-9-10-19(25)14-22(17)31-2)29-16-18(20-6-3-4-7-21(20)29)11-13-28-12-5-8-23(28)30;/h3-4,6-7,9-10,14,18H,5,8,11-13,15-16H2,1-2H3,(H,26,27);1H. The lowest BCUT2D eigenvalue weighted by Crippen LogP contribution is -2.40. The molecule has 0 bridgehead atoms. The number of ether oxygens (including phenoxy) is 1. The van der Waals surface area contributed by atoms with E-state index in [1.165, 1.54) is 11.3 Å². The van der Waals surface area contributed by atoms with Gasteiger partial charge in [0.05, 0.1) is 7.11 Å². The normalized spacial score (nSPS) is 17.9. The van der Waals surface area contributed by atoms with Gasteiger partial charge in [-0.05, 0) is 36.6 Å². The average molecular weight is 569 g/mol. The Hall–Kier alpha value is -2.00. The molecule has 0 spiro atoms. The minimum atomic E-state index is 0. The number of carbonyl (C=O) groups is 1. The molecule has 2 heterocycles. The van der Waals surface area contributed by atoms with Crippen molar-refractivity contribution in [1.82, 2.24) is 10.2 Å². The molecule has 2 aromatic carbocycles. The number of halogens is 2. The van der Waals surface area contributed by atoms with Crippen LogP contribution in [0.2, 0.25) is 5.02 Å². The van der Waals surface area contributed by atoms with E-state index in [-0.39, 0.29) is 29.9 Å². The lowest BCUT2D eigenvalue weighted by Gasteiger charge is -2.24. The van der Waals surface area contributed by atoms with Crippen molar-refractivity contribution in [2.75, 3.05) is 38.7 Å². The molecule has 1 N–H and O–H groups in total. The van der Waals surface area contributed by atoms with Crippen LogP contribution >= 0.6 is 35.6 Å². The van der Waals surface area contributed by atoms with Crippen LogP contribution in [0.4, 0.5) is 5.69 Å². The molecule has 2 aromatic rings.